The number of halogens is 2. The number of rotatable bonds is 8. The summed E-state index contributed by atoms with van der Waals surface area (Å²) in [5.74, 6) is 0.569. The van der Waals surface area contributed by atoms with Crippen LogP contribution in [0.1, 0.15) is 41.7 Å². The summed E-state index contributed by atoms with van der Waals surface area (Å²) in [4.78, 5) is 21.0. The summed E-state index contributed by atoms with van der Waals surface area (Å²) >= 11 is 7.25. The molecule has 0 N–H and O–H groups in total. The van der Waals surface area contributed by atoms with Gasteiger partial charge in [0.2, 0.25) is 0 Å². The van der Waals surface area contributed by atoms with Gasteiger partial charge >= 0.3 is 0 Å². The molecule has 0 spiro atoms. The highest BCUT2D eigenvalue weighted by molar-refractivity contribution is 14.1. The van der Waals surface area contributed by atoms with Crippen LogP contribution >= 0.6 is 50.3 Å². The van der Waals surface area contributed by atoms with Crippen molar-refractivity contribution in [3.63, 3.8) is 0 Å². The molecule has 1 saturated heterocycles. The Kier molecular flexibility index (Phi) is 9.83. The number of hydrogen-bond acceptors (Lipinski definition) is 5. The van der Waals surface area contributed by atoms with Crippen LogP contribution in [-0.2, 0) is 24.2 Å². The second-order valence-electron chi connectivity index (χ2n) is 9.56. The predicted octanol–water partition coefficient (Wildman–Crippen LogP) is 9.44. The highest BCUT2D eigenvalue weighted by Crippen LogP contribution is 2.39. The smallest absolute Gasteiger partial charge is 0.271 e. The standard InChI is InChI=1S/C34H27BrIN3O2S/c1-3-22-9-13-27(14-10-22)38-34-39(28-15-11-23(4-2)12-16-28)33(40)31(42-34)19-24-17-29(35)32(30(36)18-24)41-21-26-8-6-5-7-25(26)20-37/h5-19H,3-4,21H2,1-2H3/b31-19-,38-34?. The van der Waals surface area contributed by atoms with E-state index < -0.39 is 0 Å². The number of aliphatic imine (C=N–C) groups is 1. The lowest BCUT2D eigenvalue weighted by Gasteiger charge is -2.16. The maximum Gasteiger partial charge on any atom is 0.271 e. The maximum absolute atomic E-state index is 13.8. The van der Waals surface area contributed by atoms with Crippen molar-refractivity contribution in [2.24, 2.45) is 4.99 Å². The van der Waals surface area contributed by atoms with E-state index in [9.17, 15) is 10.1 Å². The van der Waals surface area contributed by atoms with E-state index in [1.54, 1.807) is 11.0 Å². The zero-order valence-corrected chi connectivity index (χ0v) is 27.7. The van der Waals surface area contributed by atoms with Crippen LogP contribution in [0.25, 0.3) is 6.08 Å². The van der Waals surface area contributed by atoms with E-state index in [0.29, 0.717) is 21.4 Å². The van der Waals surface area contributed by atoms with Gasteiger partial charge in [-0.15, -0.1) is 0 Å². The van der Waals surface area contributed by atoms with Gasteiger partial charge in [0.05, 0.1) is 36.0 Å². The number of amidine groups is 1. The molecule has 0 unspecified atom stereocenters. The number of thioether (sulfide) groups is 1. The minimum Gasteiger partial charge on any atom is -0.487 e. The summed E-state index contributed by atoms with van der Waals surface area (Å²) in [6.45, 7) is 4.51. The first-order valence-electron chi connectivity index (χ1n) is 13.5. The number of carbonyl (C=O) groups is 1. The van der Waals surface area contributed by atoms with Gasteiger partial charge in [-0.25, -0.2) is 4.99 Å². The van der Waals surface area contributed by atoms with Gasteiger partial charge in [-0.2, -0.15) is 5.26 Å². The van der Waals surface area contributed by atoms with Crippen molar-refractivity contribution in [3.05, 3.63) is 126 Å². The van der Waals surface area contributed by atoms with E-state index in [4.69, 9.17) is 9.73 Å². The minimum absolute atomic E-state index is 0.118. The fourth-order valence-corrected chi connectivity index (χ4v) is 7.20. The van der Waals surface area contributed by atoms with Crippen LogP contribution in [0.4, 0.5) is 11.4 Å². The third kappa shape index (κ3) is 6.80. The summed E-state index contributed by atoms with van der Waals surface area (Å²) in [5, 5.41) is 10.0. The molecule has 5 nitrogen and oxygen atoms in total. The largest absolute Gasteiger partial charge is 0.487 e. The van der Waals surface area contributed by atoms with E-state index in [-0.39, 0.29) is 12.5 Å². The van der Waals surface area contributed by atoms with Crippen LogP contribution in [0.15, 0.2) is 99.3 Å². The summed E-state index contributed by atoms with van der Waals surface area (Å²) < 4.78 is 7.76. The number of amides is 1. The molecule has 1 aliphatic rings. The quantitative estimate of drug-likeness (QED) is 0.133. The second kappa shape index (κ2) is 13.7. The highest BCUT2D eigenvalue weighted by atomic mass is 127. The van der Waals surface area contributed by atoms with Gasteiger partial charge in [0.25, 0.3) is 5.91 Å². The maximum atomic E-state index is 13.8. The third-order valence-corrected chi connectivity index (χ3v) is 9.17. The summed E-state index contributed by atoms with van der Waals surface area (Å²) in [6, 6.07) is 29.7. The van der Waals surface area contributed by atoms with Crippen molar-refractivity contribution in [2.75, 3.05) is 4.90 Å². The lowest BCUT2D eigenvalue weighted by molar-refractivity contribution is -0.113. The number of anilines is 1. The van der Waals surface area contributed by atoms with Crippen molar-refractivity contribution >= 4 is 78.8 Å². The van der Waals surface area contributed by atoms with Crippen LogP contribution in [-0.4, -0.2) is 11.1 Å². The van der Waals surface area contributed by atoms with Crippen LogP contribution in [0.2, 0.25) is 0 Å². The van der Waals surface area contributed by atoms with E-state index in [2.05, 4.69) is 82.7 Å². The van der Waals surface area contributed by atoms with Crippen molar-refractivity contribution < 1.29 is 9.53 Å². The SMILES string of the molecule is CCc1ccc(N=C2S/C(=C\c3cc(Br)c(OCc4ccccc4C#N)c(I)c3)C(=O)N2c2ccc(CC)cc2)cc1. The lowest BCUT2D eigenvalue weighted by Crippen LogP contribution is -2.28. The molecule has 4 aromatic rings. The van der Waals surface area contributed by atoms with Crippen LogP contribution in [0.5, 0.6) is 5.75 Å². The molecular weight excluding hydrogens is 721 g/mol. The Labute approximate surface area is 272 Å². The zero-order chi connectivity index (χ0) is 29.6. The molecule has 5 rings (SSSR count). The zero-order valence-electron chi connectivity index (χ0n) is 23.1. The molecule has 0 aliphatic carbocycles. The van der Waals surface area contributed by atoms with Gasteiger partial charge in [-0.3, -0.25) is 9.69 Å². The third-order valence-electron chi connectivity index (χ3n) is 6.81. The van der Waals surface area contributed by atoms with Crippen LogP contribution in [0.3, 0.4) is 0 Å². The molecule has 1 heterocycles. The summed E-state index contributed by atoms with van der Waals surface area (Å²) in [5.41, 5.74) is 6.31. The Morgan fingerprint density at radius 2 is 1.67 bits per heavy atom. The van der Waals surface area contributed by atoms with Crippen LogP contribution in [0, 0.1) is 14.9 Å². The average Bonchev–Trinajstić information content (AvgIpc) is 3.30. The first-order valence-corrected chi connectivity index (χ1v) is 16.2. The first kappa shape index (κ1) is 30.1. The molecule has 8 heteroatoms. The second-order valence-corrected chi connectivity index (χ2v) is 12.6. The topological polar surface area (TPSA) is 65.7 Å². The molecule has 1 amide bonds. The average molecular weight is 748 g/mol. The Bertz CT molecular complexity index is 1700. The molecule has 0 radical (unpaired) electrons. The van der Waals surface area contributed by atoms with Crippen molar-refractivity contribution in [1.29, 1.82) is 5.26 Å². The fourth-order valence-electron chi connectivity index (χ4n) is 4.43. The normalized spacial score (nSPS) is 14.9. The van der Waals surface area contributed by atoms with Gasteiger partial charge in [0.15, 0.2) is 5.17 Å². The van der Waals surface area contributed by atoms with Gasteiger partial charge in [0.1, 0.15) is 12.4 Å². The van der Waals surface area contributed by atoms with Crippen molar-refractivity contribution in [3.8, 4) is 11.8 Å². The molecule has 1 aliphatic heterocycles. The monoisotopic (exact) mass is 747 g/mol. The molecule has 0 atom stereocenters. The molecule has 0 aromatic heterocycles. The number of benzene rings is 4. The fraction of sp³-hybridized carbons (Fsp3) is 0.147. The van der Waals surface area contributed by atoms with Crippen molar-refractivity contribution in [2.45, 2.75) is 33.3 Å². The van der Waals surface area contributed by atoms with Gasteiger partial charge in [-0.1, -0.05) is 56.3 Å². The number of aryl methyl sites for hydroxylation is 2. The van der Waals surface area contributed by atoms with E-state index in [1.807, 2.05) is 60.7 Å². The van der Waals surface area contributed by atoms with E-state index >= 15 is 0 Å². The molecule has 0 bridgehead atoms. The first-order chi connectivity index (χ1) is 20.4. The Morgan fingerprint density at radius 3 is 2.31 bits per heavy atom. The molecular formula is C34H27BrIN3O2S. The molecule has 0 saturated carbocycles. The Morgan fingerprint density at radius 1 is 1.00 bits per heavy atom. The number of hydrogen-bond donors (Lipinski definition) is 0. The number of nitriles is 1. The summed E-state index contributed by atoms with van der Waals surface area (Å²) in [7, 11) is 0. The van der Waals surface area contributed by atoms with Crippen molar-refractivity contribution in [1.82, 2.24) is 0 Å². The number of nitrogens with zero attached hydrogens (tertiary/aromatic N) is 3. The van der Waals surface area contributed by atoms with E-state index in [0.717, 1.165) is 43.4 Å². The number of ether oxygens (including phenoxy) is 1. The predicted molar refractivity (Wildman–Crippen MR) is 184 cm³/mol. The highest BCUT2D eigenvalue weighted by Gasteiger charge is 2.35. The minimum atomic E-state index is -0.118. The Hall–Kier alpha value is -3.39. The lowest BCUT2D eigenvalue weighted by atomic mass is 10.1. The molecule has 1 fully saturated rings. The van der Waals surface area contributed by atoms with E-state index in [1.165, 1.54) is 22.9 Å². The Balaban J connectivity index is 1.45. The molecule has 42 heavy (non-hydrogen) atoms. The van der Waals surface area contributed by atoms with Gasteiger partial charge in [0, 0.05) is 5.56 Å². The van der Waals surface area contributed by atoms with Gasteiger partial charge < -0.3 is 4.74 Å². The number of carbonyl (C=O) groups excluding carboxylic acids is 1. The summed E-state index contributed by atoms with van der Waals surface area (Å²) in [6.07, 6.45) is 3.78. The van der Waals surface area contributed by atoms with Crippen LogP contribution < -0.4 is 9.64 Å². The molecule has 210 valence electrons. The van der Waals surface area contributed by atoms with Gasteiger partial charge in [-0.05, 0) is 128 Å². The molecule has 4 aromatic carbocycles.